The van der Waals surface area contributed by atoms with Crippen LogP contribution in [0.4, 0.5) is 0 Å². The molecule has 6 nitrogen and oxygen atoms in total. The first-order chi connectivity index (χ1) is 11.4. The first-order valence-corrected chi connectivity index (χ1v) is 8.67. The van der Waals surface area contributed by atoms with Gasteiger partial charge in [-0.15, -0.1) is 11.3 Å². The molecule has 0 aliphatic heterocycles. The van der Waals surface area contributed by atoms with Gasteiger partial charge in [-0.2, -0.15) is 5.10 Å². The number of fused-ring (bicyclic) bond motifs is 1. The van der Waals surface area contributed by atoms with Crippen molar-refractivity contribution >= 4 is 28.3 Å². The largest absolute Gasteiger partial charge is 0.338 e. The van der Waals surface area contributed by atoms with Crippen molar-refractivity contribution in [1.82, 2.24) is 19.7 Å². The van der Waals surface area contributed by atoms with Crippen LogP contribution in [0.25, 0.3) is 21.6 Å². The summed E-state index contributed by atoms with van der Waals surface area (Å²) in [6, 6.07) is 5.81. The molecule has 3 aromatic rings. The van der Waals surface area contributed by atoms with Crippen molar-refractivity contribution in [2.24, 2.45) is 12.8 Å². The Morgan fingerprint density at radius 2 is 2.25 bits per heavy atom. The van der Waals surface area contributed by atoms with Gasteiger partial charge in [0.1, 0.15) is 0 Å². The highest BCUT2D eigenvalue weighted by atomic mass is 32.1. The van der Waals surface area contributed by atoms with Crippen LogP contribution in [0.1, 0.15) is 23.0 Å². The lowest BCUT2D eigenvalue weighted by atomic mass is 10.1. The summed E-state index contributed by atoms with van der Waals surface area (Å²) in [5.41, 5.74) is 8.65. The maximum atomic E-state index is 13.1. The SMILES string of the molecule is Cc1nn(C)c2nc(-c3cccs3)cc(C(=O)N(C)C(C)CN)c12. The molecule has 24 heavy (non-hydrogen) atoms. The number of hydrogen-bond acceptors (Lipinski definition) is 5. The standard InChI is InChI=1S/C17H21N5OS/c1-10(9-18)21(3)17(23)12-8-13(14-6-5-7-24-14)19-16-15(12)11(2)20-22(16)4/h5-8,10H,9,18H2,1-4H3. The normalized spacial score (nSPS) is 12.5. The molecule has 0 bridgehead atoms. The van der Waals surface area contributed by atoms with Gasteiger partial charge in [0.05, 0.1) is 27.2 Å². The van der Waals surface area contributed by atoms with E-state index < -0.39 is 0 Å². The Balaban J connectivity index is 2.23. The predicted molar refractivity (Wildman–Crippen MR) is 97.2 cm³/mol. The predicted octanol–water partition coefficient (Wildman–Crippen LogP) is 2.42. The van der Waals surface area contributed by atoms with Crippen LogP contribution >= 0.6 is 11.3 Å². The van der Waals surface area contributed by atoms with E-state index in [0.717, 1.165) is 27.3 Å². The third-order valence-corrected chi connectivity index (χ3v) is 5.19. The zero-order valence-electron chi connectivity index (χ0n) is 14.3. The fourth-order valence-electron chi connectivity index (χ4n) is 2.71. The van der Waals surface area contributed by atoms with Crippen LogP contribution in [0.15, 0.2) is 23.6 Å². The Labute approximate surface area is 144 Å². The van der Waals surface area contributed by atoms with Gasteiger partial charge in [-0.3, -0.25) is 9.48 Å². The molecule has 1 unspecified atom stereocenters. The summed E-state index contributed by atoms with van der Waals surface area (Å²) in [7, 11) is 3.63. The van der Waals surface area contributed by atoms with Crippen LogP contribution in [0, 0.1) is 6.92 Å². The van der Waals surface area contributed by atoms with E-state index in [1.54, 1.807) is 28.0 Å². The average molecular weight is 343 g/mol. The highest BCUT2D eigenvalue weighted by molar-refractivity contribution is 7.13. The van der Waals surface area contributed by atoms with Gasteiger partial charge < -0.3 is 10.6 Å². The van der Waals surface area contributed by atoms with Crippen LogP contribution in [0.5, 0.6) is 0 Å². The van der Waals surface area contributed by atoms with E-state index in [9.17, 15) is 4.79 Å². The molecule has 0 fully saturated rings. The number of likely N-dealkylation sites (N-methyl/N-ethyl adjacent to an activating group) is 1. The van der Waals surface area contributed by atoms with Gasteiger partial charge in [-0.25, -0.2) is 4.98 Å². The Bertz CT molecular complexity index is 884. The molecule has 7 heteroatoms. The second-order valence-corrected chi connectivity index (χ2v) is 6.89. The molecular formula is C17H21N5OS. The maximum Gasteiger partial charge on any atom is 0.254 e. The van der Waals surface area contributed by atoms with E-state index in [1.807, 2.05) is 44.5 Å². The van der Waals surface area contributed by atoms with Gasteiger partial charge in [0.2, 0.25) is 0 Å². The van der Waals surface area contributed by atoms with Crippen LogP contribution in [-0.2, 0) is 7.05 Å². The third-order valence-electron chi connectivity index (χ3n) is 4.30. The second-order valence-electron chi connectivity index (χ2n) is 5.94. The van der Waals surface area contributed by atoms with Crippen molar-refractivity contribution in [2.75, 3.05) is 13.6 Å². The molecule has 3 aromatic heterocycles. The molecule has 3 rings (SSSR count). The Hall–Kier alpha value is -2.25. The highest BCUT2D eigenvalue weighted by Gasteiger charge is 2.23. The van der Waals surface area contributed by atoms with E-state index in [4.69, 9.17) is 10.7 Å². The number of nitrogens with two attached hydrogens (primary N) is 1. The van der Waals surface area contributed by atoms with Crippen LogP contribution in [0.3, 0.4) is 0 Å². The number of rotatable bonds is 4. The number of aromatic nitrogens is 3. The molecule has 126 valence electrons. The molecule has 0 spiro atoms. The average Bonchev–Trinajstić information content (AvgIpc) is 3.21. The van der Waals surface area contributed by atoms with Crippen molar-refractivity contribution in [3.05, 3.63) is 34.8 Å². The Morgan fingerprint density at radius 3 is 2.88 bits per heavy atom. The van der Waals surface area contributed by atoms with Crippen LogP contribution in [-0.4, -0.2) is 45.2 Å². The number of amides is 1. The van der Waals surface area contributed by atoms with Gasteiger partial charge in [0.15, 0.2) is 5.65 Å². The van der Waals surface area contributed by atoms with Crippen LogP contribution in [0.2, 0.25) is 0 Å². The van der Waals surface area contributed by atoms with Crippen molar-refractivity contribution in [3.8, 4) is 10.6 Å². The molecule has 1 atom stereocenters. The van der Waals surface area contributed by atoms with Crippen molar-refractivity contribution in [1.29, 1.82) is 0 Å². The minimum absolute atomic E-state index is 0.0390. The fraction of sp³-hybridized carbons (Fsp3) is 0.353. The molecule has 3 heterocycles. The van der Waals surface area contributed by atoms with Gasteiger partial charge in [-0.05, 0) is 31.4 Å². The van der Waals surface area contributed by atoms with Gasteiger partial charge in [-0.1, -0.05) is 6.07 Å². The minimum atomic E-state index is -0.0609. The fourth-order valence-corrected chi connectivity index (χ4v) is 3.40. The lowest BCUT2D eigenvalue weighted by Crippen LogP contribution is -2.39. The zero-order chi connectivity index (χ0) is 17.4. The van der Waals surface area contributed by atoms with E-state index in [-0.39, 0.29) is 11.9 Å². The molecular weight excluding hydrogens is 322 g/mol. The van der Waals surface area contributed by atoms with Crippen molar-refractivity contribution < 1.29 is 4.79 Å². The summed E-state index contributed by atoms with van der Waals surface area (Å²) in [5.74, 6) is -0.0609. The number of hydrogen-bond donors (Lipinski definition) is 1. The van der Waals surface area contributed by atoms with Crippen molar-refractivity contribution in [3.63, 3.8) is 0 Å². The highest BCUT2D eigenvalue weighted by Crippen LogP contribution is 2.30. The summed E-state index contributed by atoms with van der Waals surface area (Å²) in [4.78, 5) is 20.5. The molecule has 1 amide bonds. The Kier molecular flexibility index (Phi) is 4.38. The summed E-state index contributed by atoms with van der Waals surface area (Å²) >= 11 is 1.60. The van der Waals surface area contributed by atoms with Gasteiger partial charge >= 0.3 is 0 Å². The summed E-state index contributed by atoms with van der Waals surface area (Å²) < 4.78 is 1.73. The first-order valence-electron chi connectivity index (χ1n) is 7.79. The van der Waals surface area contributed by atoms with E-state index in [2.05, 4.69) is 5.10 Å². The quantitative estimate of drug-likeness (QED) is 0.789. The molecule has 2 N–H and O–H groups in total. The topological polar surface area (TPSA) is 77.0 Å². The lowest BCUT2D eigenvalue weighted by molar-refractivity contribution is 0.0750. The number of pyridine rings is 1. The lowest BCUT2D eigenvalue weighted by Gasteiger charge is -2.24. The summed E-state index contributed by atoms with van der Waals surface area (Å²) in [5, 5.41) is 7.25. The number of carbonyl (C=O) groups excluding carboxylic acids is 1. The molecule has 0 aliphatic rings. The number of nitrogens with zero attached hydrogens (tertiary/aromatic N) is 4. The van der Waals surface area contributed by atoms with Crippen molar-refractivity contribution in [2.45, 2.75) is 19.9 Å². The first kappa shape index (κ1) is 16.6. The molecule has 0 aliphatic carbocycles. The number of carbonyl (C=O) groups is 1. The molecule has 0 saturated carbocycles. The van der Waals surface area contributed by atoms with Gasteiger partial charge in [0.25, 0.3) is 5.91 Å². The molecule has 0 aromatic carbocycles. The Morgan fingerprint density at radius 1 is 1.50 bits per heavy atom. The smallest absolute Gasteiger partial charge is 0.254 e. The number of thiophene rings is 1. The van der Waals surface area contributed by atoms with Crippen LogP contribution < -0.4 is 5.73 Å². The zero-order valence-corrected chi connectivity index (χ0v) is 15.1. The maximum absolute atomic E-state index is 13.1. The van der Waals surface area contributed by atoms with E-state index in [0.29, 0.717) is 12.1 Å². The summed E-state index contributed by atoms with van der Waals surface area (Å²) in [6.45, 7) is 4.25. The molecule has 0 saturated heterocycles. The van der Waals surface area contributed by atoms with Gasteiger partial charge in [0, 0.05) is 26.7 Å². The third kappa shape index (κ3) is 2.70. The summed E-state index contributed by atoms with van der Waals surface area (Å²) in [6.07, 6.45) is 0. The minimum Gasteiger partial charge on any atom is -0.338 e. The second kappa shape index (κ2) is 6.33. The molecule has 0 radical (unpaired) electrons. The monoisotopic (exact) mass is 343 g/mol. The number of aryl methyl sites for hydroxylation is 2. The van der Waals surface area contributed by atoms with E-state index in [1.165, 1.54) is 0 Å². The van der Waals surface area contributed by atoms with E-state index >= 15 is 0 Å².